The van der Waals surface area contributed by atoms with Crippen LogP contribution in [-0.4, -0.2) is 23.6 Å². The highest BCUT2D eigenvalue weighted by Gasteiger charge is 2.16. The Morgan fingerprint density at radius 2 is 2.29 bits per heavy atom. The van der Waals surface area contributed by atoms with Crippen molar-refractivity contribution < 1.29 is 4.74 Å². The maximum absolute atomic E-state index is 5.99. The Kier molecular flexibility index (Phi) is 4.40. The Hall–Kier alpha value is -1.21. The molecule has 1 unspecified atom stereocenters. The topological polar surface area (TPSA) is 63.9 Å². The summed E-state index contributed by atoms with van der Waals surface area (Å²) in [6, 6.07) is 9.69. The van der Waals surface area contributed by atoms with Crippen LogP contribution in [0.2, 0.25) is 4.34 Å². The van der Waals surface area contributed by atoms with Crippen molar-refractivity contribution in [2.45, 2.75) is 10.4 Å². The number of benzene rings is 1. The summed E-state index contributed by atoms with van der Waals surface area (Å²) < 4.78 is 5.99. The van der Waals surface area contributed by atoms with Crippen LogP contribution in [0.25, 0.3) is 11.0 Å². The Morgan fingerprint density at radius 3 is 2.95 bits per heavy atom. The van der Waals surface area contributed by atoms with Crippen LogP contribution in [0, 0.1) is 0 Å². The molecular weight excluding hydrogens is 326 g/mol. The molecule has 1 atom stereocenters. The first-order valence-corrected chi connectivity index (χ1v) is 8.42. The summed E-state index contributed by atoms with van der Waals surface area (Å²) in [5.41, 5.74) is 7.75. The van der Waals surface area contributed by atoms with Gasteiger partial charge in [-0.05, 0) is 24.3 Å². The number of halogens is 1. The third-order valence-corrected chi connectivity index (χ3v) is 5.69. The number of rotatable bonds is 5. The van der Waals surface area contributed by atoms with Gasteiger partial charge in [0.15, 0.2) is 5.16 Å². The van der Waals surface area contributed by atoms with Crippen molar-refractivity contribution in [1.29, 1.82) is 0 Å². The molecule has 3 rings (SSSR count). The number of hydrogen-bond acceptors (Lipinski definition) is 5. The summed E-state index contributed by atoms with van der Waals surface area (Å²) in [7, 11) is 1.65. The minimum absolute atomic E-state index is 0.143. The van der Waals surface area contributed by atoms with E-state index in [0.29, 0.717) is 6.54 Å². The molecule has 0 amide bonds. The lowest BCUT2D eigenvalue weighted by atomic mass is 10.3. The van der Waals surface area contributed by atoms with Gasteiger partial charge in [0, 0.05) is 17.5 Å². The molecule has 3 aromatic rings. The molecule has 7 heteroatoms. The van der Waals surface area contributed by atoms with E-state index in [9.17, 15) is 0 Å². The lowest BCUT2D eigenvalue weighted by Crippen LogP contribution is -2.08. The second-order valence-electron chi connectivity index (χ2n) is 4.41. The van der Waals surface area contributed by atoms with Crippen LogP contribution in [-0.2, 0) is 0 Å². The predicted molar refractivity (Wildman–Crippen MR) is 89.6 cm³/mol. The van der Waals surface area contributed by atoms with Gasteiger partial charge in [-0.1, -0.05) is 23.4 Å². The molecule has 3 N–H and O–H groups in total. The van der Waals surface area contributed by atoms with Crippen LogP contribution in [0.15, 0.2) is 35.5 Å². The van der Waals surface area contributed by atoms with Crippen LogP contribution in [0.1, 0.15) is 10.1 Å². The van der Waals surface area contributed by atoms with Crippen LogP contribution in [0.5, 0.6) is 5.75 Å². The maximum Gasteiger partial charge on any atom is 0.167 e. The van der Waals surface area contributed by atoms with Gasteiger partial charge in [-0.3, -0.25) is 0 Å². The zero-order valence-corrected chi connectivity index (χ0v) is 13.7. The largest absolute Gasteiger partial charge is 0.497 e. The highest BCUT2D eigenvalue weighted by atomic mass is 35.5. The van der Waals surface area contributed by atoms with E-state index in [1.165, 1.54) is 0 Å². The van der Waals surface area contributed by atoms with Crippen molar-refractivity contribution in [1.82, 2.24) is 9.97 Å². The molecule has 0 saturated heterocycles. The fourth-order valence-electron chi connectivity index (χ4n) is 2.01. The number of thiophene rings is 1. The fourth-order valence-corrected chi connectivity index (χ4v) is 4.23. The first-order chi connectivity index (χ1) is 10.2. The van der Waals surface area contributed by atoms with Crippen molar-refractivity contribution >= 4 is 45.7 Å². The number of methoxy groups -OCH3 is 1. The van der Waals surface area contributed by atoms with E-state index in [1.807, 2.05) is 30.3 Å². The van der Waals surface area contributed by atoms with Gasteiger partial charge in [-0.2, -0.15) is 0 Å². The third-order valence-electron chi connectivity index (χ3n) is 3.05. The Balaban J connectivity index is 1.86. The van der Waals surface area contributed by atoms with Gasteiger partial charge in [0.1, 0.15) is 5.75 Å². The van der Waals surface area contributed by atoms with E-state index < -0.39 is 0 Å². The van der Waals surface area contributed by atoms with Gasteiger partial charge in [-0.15, -0.1) is 11.3 Å². The summed E-state index contributed by atoms with van der Waals surface area (Å²) in [5.74, 6) is 0.808. The summed E-state index contributed by atoms with van der Waals surface area (Å²) in [6.45, 7) is 0.530. The fraction of sp³-hybridized carbons (Fsp3) is 0.214. The van der Waals surface area contributed by atoms with Crippen LogP contribution in [0.4, 0.5) is 0 Å². The highest BCUT2D eigenvalue weighted by molar-refractivity contribution is 7.99. The molecule has 2 heterocycles. The molecule has 0 fully saturated rings. The molecule has 0 bridgehead atoms. The smallest absolute Gasteiger partial charge is 0.167 e. The van der Waals surface area contributed by atoms with Gasteiger partial charge in [-0.25, -0.2) is 4.98 Å². The lowest BCUT2D eigenvalue weighted by molar-refractivity contribution is 0.415. The summed E-state index contributed by atoms with van der Waals surface area (Å²) >= 11 is 9.16. The van der Waals surface area contributed by atoms with E-state index in [0.717, 1.165) is 31.2 Å². The van der Waals surface area contributed by atoms with Gasteiger partial charge >= 0.3 is 0 Å². The first-order valence-electron chi connectivity index (χ1n) is 6.35. The predicted octanol–water partition coefficient (Wildman–Crippen LogP) is 4.08. The molecular formula is C14H14ClN3OS2. The number of hydrogen-bond donors (Lipinski definition) is 2. The Bertz CT molecular complexity index is 756. The summed E-state index contributed by atoms with van der Waals surface area (Å²) in [5, 5.41) is 0.989. The van der Waals surface area contributed by atoms with Crippen LogP contribution in [0.3, 0.4) is 0 Å². The van der Waals surface area contributed by atoms with Crippen molar-refractivity contribution in [2.75, 3.05) is 13.7 Å². The van der Waals surface area contributed by atoms with Crippen molar-refractivity contribution in [3.63, 3.8) is 0 Å². The minimum Gasteiger partial charge on any atom is -0.497 e. The monoisotopic (exact) mass is 339 g/mol. The minimum atomic E-state index is 0.143. The number of thioether (sulfide) groups is 1. The number of nitrogens with one attached hydrogen (secondary N) is 1. The molecule has 110 valence electrons. The van der Waals surface area contributed by atoms with E-state index in [-0.39, 0.29) is 5.25 Å². The first kappa shape index (κ1) is 14.7. The molecule has 0 saturated carbocycles. The highest BCUT2D eigenvalue weighted by Crippen LogP contribution is 2.38. The van der Waals surface area contributed by atoms with Gasteiger partial charge in [0.25, 0.3) is 0 Å². The van der Waals surface area contributed by atoms with Crippen LogP contribution >= 0.6 is 34.7 Å². The van der Waals surface area contributed by atoms with Gasteiger partial charge in [0.2, 0.25) is 0 Å². The number of ether oxygens (including phenoxy) is 1. The zero-order valence-electron chi connectivity index (χ0n) is 11.3. The molecule has 0 aliphatic rings. The lowest BCUT2D eigenvalue weighted by Gasteiger charge is -2.09. The number of aromatic amines is 1. The van der Waals surface area contributed by atoms with E-state index in [1.54, 1.807) is 30.2 Å². The maximum atomic E-state index is 5.99. The zero-order chi connectivity index (χ0) is 14.8. The molecule has 0 spiro atoms. The number of imidazole rings is 1. The quantitative estimate of drug-likeness (QED) is 0.687. The molecule has 0 aliphatic heterocycles. The molecule has 0 radical (unpaired) electrons. The van der Waals surface area contributed by atoms with Crippen molar-refractivity contribution in [3.8, 4) is 5.75 Å². The number of nitrogens with zero attached hydrogens (tertiary/aromatic N) is 1. The molecule has 1 aromatic carbocycles. The number of aromatic nitrogens is 2. The van der Waals surface area contributed by atoms with Gasteiger partial charge in [0.05, 0.1) is 27.7 Å². The number of fused-ring (bicyclic) bond motifs is 1. The molecule has 0 aliphatic carbocycles. The summed E-state index contributed by atoms with van der Waals surface area (Å²) in [6.07, 6.45) is 0. The average Bonchev–Trinajstić information content (AvgIpc) is 3.09. The average molecular weight is 340 g/mol. The van der Waals surface area contributed by atoms with Crippen LogP contribution < -0.4 is 10.5 Å². The normalized spacial score (nSPS) is 12.7. The summed E-state index contributed by atoms with van der Waals surface area (Å²) in [4.78, 5) is 9.03. The Labute approximate surface area is 135 Å². The second-order valence-corrected chi connectivity index (χ2v) is 7.35. The number of H-pyrrole nitrogens is 1. The molecule has 2 aromatic heterocycles. The van der Waals surface area contributed by atoms with E-state index in [2.05, 4.69) is 9.97 Å². The molecule has 4 nitrogen and oxygen atoms in total. The second kappa shape index (κ2) is 6.27. The van der Waals surface area contributed by atoms with E-state index in [4.69, 9.17) is 22.1 Å². The molecule has 21 heavy (non-hydrogen) atoms. The Morgan fingerprint density at radius 1 is 1.43 bits per heavy atom. The van der Waals surface area contributed by atoms with Gasteiger partial charge < -0.3 is 15.5 Å². The standard InChI is InChI=1S/C14H14ClN3OS2/c1-19-8-2-3-9-10(6-8)18-14(17-9)21-12(7-16)11-4-5-13(15)20-11/h2-6,12H,7,16H2,1H3,(H,17,18). The van der Waals surface area contributed by atoms with Crippen molar-refractivity contribution in [2.24, 2.45) is 5.73 Å². The van der Waals surface area contributed by atoms with Crippen molar-refractivity contribution in [3.05, 3.63) is 39.5 Å². The third kappa shape index (κ3) is 3.18. The number of nitrogens with two attached hydrogens (primary N) is 1. The van der Waals surface area contributed by atoms with E-state index >= 15 is 0 Å². The SMILES string of the molecule is COc1ccc2nc(SC(CN)c3ccc(Cl)s3)[nH]c2c1.